The maximum Gasteiger partial charge on any atom is 0.417 e. The number of hydrogen-bond donors (Lipinski definition) is 1. The van der Waals surface area contributed by atoms with Crippen LogP contribution in [0.2, 0.25) is 0 Å². The van der Waals surface area contributed by atoms with Crippen molar-refractivity contribution in [1.29, 1.82) is 0 Å². The van der Waals surface area contributed by atoms with Crippen molar-refractivity contribution in [2.24, 2.45) is 0 Å². The molecular weight excluding hydrogens is 330 g/mol. The Morgan fingerprint density at radius 1 is 1.08 bits per heavy atom. The zero-order valence-electron chi connectivity index (χ0n) is 15.0. The lowest BCUT2D eigenvalue weighted by Gasteiger charge is -2.29. The molecule has 26 heavy (non-hydrogen) atoms. The van der Waals surface area contributed by atoms with Gasteiger partial charge in [-0.05, 0) is 31.4 Å². The Balaban J connectivity index is 1.80. The Bertz CT molecular complexity index is 773. The summed E-state index contributed by atoms with van der Waals surface area (Å²) in [6.45, 7) is 3.57. The van der Waals surface area contributed by atoms with Gasteiger partial charge in [-0.25, -0.2) is 9.69 Å². The van der Waals surface area contributed by atoms with Gasteiger partial charge in [0.25, 0.3) is 5.91 Å². The molecule has 1 fully saturated rings. The van der Waals surface area contributed by atoms with Crippen molar-refractivity contribution in [2.45, 2.75) is 44.4 Å². The number of cyclic esters (lactones) is 1. The number of carbonyl (C=O) groups excluding carboxylic acids is 2. The number of imide groups is 1. The molecule has 2 atom stereocenters. The largest absolute Gasteiger partial charge is 0.441 e. The Morgan fingerprint density at radius 2 is 1.62 bits per heavy atom. The average Bonchev–Trinajstić information content (AvgIpc) is 2.84. The smallest absolute Gasteiger partial charge is 0.417 e. The molecule has 136 valence electrons. The van der Waals surface area contributed by atoms with Crippen molar-refractivity contribution < 1.29 is 19.4 Å². The number of rotatable bonds is 5. The minimum Gasteiger partial charge on any atom is -0.441 e. The molecule has 2 amide bonds. The number of benzene rings is 2. The summed E-state index contributed by atoms with van der Waals surface area (Å²) in [5, 5.41) is 10.4. The number of aliphatic hydroxyl groups excluding tert-OH is 1. The number of nitrogens with zero attached hydrogens (tertiary/aromatic N) is 1. The fraction of sp³-hybridized carbons (Fsp3) is 0.333. The molecule has 1 saturated heterocycles. The van der Waals surface area contributed by atoms with Crippen LogP contribution in [0.1, 0.15) is 25.0 Å². The van der Waals surface area contributed by atoms with Crippen LogP contribution in [0, 0.1) is 0 Å². The molecular formula is C21H23NO4. The highest BCUT2D eigenvalue weighted by molar-refractivity contribution is 5.96. The Hall–Kier alpha value is -2.66. The average molecular weight is 353 g/mol. The lowest BCUT2D eigenvalue weighted by Crippen LogP contribution is -2.50. The highest BCUT2D eigenvalue weighted by atomic mass is 16.6. The minimum atomic E-state index is -1.29. The molecule has 1 heterocycles. The molecule has 1 aliphatic rings. The number of hydrogen-bond acceptors (Lipinski definition) is 4. The van der Waals surface area contributed by atoms with Crippen LogP contribution in [0.4, 0.5) is 4.79 Å². The van der Waals surface area contributed by atoms with E-state index in [1.54, 1.807) is 13.8 Å². The van der Waals surface area contributed by atoms with Gasteiger partial charge in [0.05, 0.1) is 6.04 Å². The van der Waals surface area contributed by atoms with E-state index >= 15 is 0 Å². The molecule has 2 aromatic rings. The molecule has 0 aliphatic carbocycles. The van der Waals surface area contributed by atoms with E-state index in [-0.39, 0.29) is 6.42 Å². The molecule has 5 nitrogen and oxygen atoms in total. The SMILES string of the molecule is CC1(C)OC(=O)N(C(=O)[C@@H](O)Cc2ccccc2)[C@H]1Cc1ccccc1. The van der Waals surface area contributed by atoms with Crippen LogP contribution in [-0.4, -0.2) is 39.8 Å². The molecule has 5 heteroatoms. The minimum absolute atomic E-state index is 0.155. The fourth-order valence-electron chi connectivity index (χ4n) is 3.28. The first-order chi connectivity index (χ1) is 12.4. The lowest BCUT2D eigenvalue weighted by molar-refractivity contribution is -0.138. The maximum absolute atomic E-state index is 12.8. The summed E-state index contributed by atoms with van der Waals surface area (Å²) >= 11 is 0. The summed E-state index contributed by atoms with van der Waals surface area (Å²) < 4.78 is 5.42. The Kier molecular flexibility index (Phi) is 5.09. The van der Waals surface area contributed by atoms with E-state index < -0.39 is 29.7 Å². The van der Waals surface area contributed by atoms with Crippen molar-refractivity contribution in [3.63, 3.8) is 0 Å². The first-order valence-electron chi connectivity index (χ1n) is 8.70. The fourth-order valence-corrected chi connectivity index (χ4v) is 3.28. The summed E-state index contributed by atoms with van der Waals surface area (Å²) in [6, 6.07) is 18.4. The first-order valence-corrected chi connectivity index (χ1v) is 8.70. The maximum atomic E-state index is 12.8. The second kappa shape index (κ2) is 7.30. The van der Waals surface area contributed by atoms with Gasteiger partial charge in [0.2, 0.25) is 0 Å². The molecule has 0 aromatic heterocycles. The number of aliphatic hydroxyl groups is 1. The van der Waals surface area contributed by atoms with E-state index in [1.165, 1.54) is 0 Å². The van der Waals surface area contributed by atoms with Gasteiger partial charge in [-0.3, -0.25) is 4.79 Å². The third-order valence-corrected chi connectivity index (χ3v) is 4.73. The first kappa shape index (κ1) is 18.1. The van der Waals surface area contributed by atoms with Crippen LogP contribution in [0.15, 0.2) is 60.7 Å². The monoisotopic (exact) mass is 353 g/mol. The van der Waals surface area contributed by atoms with Crippen LogP contribution >= 0.6 is 0 Å². The Morgan fingerprint density at radius 3 is 2.19 bits per heavy atom. The summed E-state index contributed by atoms with van der Waals surface area (Å²) in [4.78, 5) is 26.3. The van der Waals surface area contributed by atoms with Gasteiger partial charge in [0, 0.05) is 6.42 Å². The number of amides is 2. The van der Waals surface area contributed by atoms with Crippen molar-refractivity contribution in [3.8, 4) is 0 Å². The third-order valence-electron chi connectivity index (χ3n) is 4.73. The molecule has 0 spiro atoms. The molecule has 0 bridgehead atoms. The van der Waals surface area contributed by atoms with Gasteiger partial charge < -0.3 is 9.84 Å². The van der Waals surface area contributed by atoms with Gasteiger partial charge in [0.1, 0.15) is 11.7 Å². The number of ether oxygens (including phenoxy) is 1. The Labute approximate surface area is 153 Å². The van der Waals surface area contributed by atoms with Gasteiger partial charge in [-0.15, -0.1) is 0 Å². The standard InChI is InChI=1S/C21H23NO4/c1-21(2)18(14-16-11-7-4-8-12-16)22(20(25)26-21)19(24)17(23)13-15-9-5-3-6-10-15/h3-12,17-18,23H,13-14H2,1-2H3/t17-,18-/m0/s1. The predicted molar refractivity (Wildman–Crippen MR) is 97.5 cm³/mol. The van der Waals surface area contributed by atoms with Crippen LogP contribution in [0.5, 0.6) is 0 Å². The lowest BCUT2D eigenvalue weighted by atomic mass is 9.91. The van der Waals surface area contributed by atoms with Crippen molar-refractivity contribution >= 4 is 12.0 Å². The second-order valence-corrected chi connectivity index (χ2v) is 7.09. The van der Waals surface area contributed by atoms with Crippen LogP contribution in [0.3, 0.4) is 0 Å². The summed E-state index contributed by atoms with van der Waals surface area (Å²) in [5.41, 5.74) is 1.01. The van der Waals surface area contributed by atoms with Crippen molar-refractivity contribution in [3.05, 3.63) is 71.8 Å². The molecule has 0 saturated carbocycles. The van der Waals surface area contributed by atoms with E-state index in [0.29, 0.717) is 6.42 Å². The summed E-state index contributed by atoms with van der Waals surface area (Å²) in [5.74, 6) is -0.620. The van der Waals surface area contributed by atoms with Gasteiger partial charge in [-0.1, -0.05) is 60.7 Å². The van der Waals surface area contributed by atoms with Gasteiger partial charge >= 0.3 is 6.09 Å². The van der Waals surface area contributed by atoms with E-state index in [4.69, 9.17) is 4.74 Å². The second-order valence-electron chi connectivity index (χ2n) is 7.09. The van der Waals surface area contributed by atoms with Crippen molar-refractivity contribution in [2.75, 3.05) is 0 Å². The highest BCUT2D eigenvalue weighted by Gasteiger charge is 2.51. The number of carbonyl (C=O) groups is 2. The molecule has 0 radical (unpaired) electrons. The summed E-state index contributed by atoms with van der Waals surface area (Å²) in [7, 11) is 0. The molecule has 2 aromatic carbocycles. The van der Waals surface area contributed by atoms with E-state index in [0.717, 1.165) is 16.0 Å². The quantitative estimate of drug-likeness (QED) is 0.897. The third kappa shape index (κ3) is 3.78. The molecule has 0 unspecified atom stereocenters. The normalized spacial score (nSPS) is 19.9. The molecule has 3 rings (SSSR count). The molecule has 1 aliphatic heterocycles. The van der Waals surface area contributed by atoms with Crippen molar-refractivity contribution in [1.82, 2.24) is 4.90 Å². The van der Waals surface area contributed by atoms with E-state index in [9.17, 15) is 14.7 Å². The van der Waals surface area contributed by atoms with E-state index in [2.05, 4.69) is 0 Å². The van der Waals surface area contributed by atoms with Crippen LogP contribution in [-0.2, 0) is 22.4 Å². The molecule has 1 N–H and O–H groups in total. The van der Waals surface area contributed by atoms with Gasteiger partial charge in [-0.2, -0.15) is 0 Å². The van der Waals surface area contributed by atoms with Crippen LogP contribution < -0.4 is 0 Å². The highest BCUT2D eigenvalue weighted by Crippen LogP contribution is 2.32. The topological polar surface area (TPSA) is 66.8 Å². The summed E-state index contributed by atoms with van der Waals surface area (Å²) in [6.07, 6.45) is -1.36. The van der Waals surface area contributed by atoms with Gasteiger partial charge in [0.15, 0.2) is 0 Å². The zero-order chi connectivity index (χ0) is 18.7. The van der Waals surface area contributed by atoms with E-state index in [1.807, 2.05) is 60.7 Å². The predicted octanol–water partition coefficient (Wildman–Crippen LogP) is 2.96. The zero-order valence-corrected chi connectivity index (χ0v) is 15.0. The van der Waals surface area contributed by atoms with Crippen LogP contribution in [0.25, 0.3) is 0 Å².